The molecule has 298 valence electrons. The third kappa shape index (κ3) is 41.6. The topological polar surface area (TPSA) is 26.3 Å². The predicted octanol–water partition coefficient (Wildman–Crippen LogP) is 17.4. The van der Waals surface area contributed by atoms with Gasteiger partial charge in [-0.1, -0.05) is 238 Å². The lowest BCUT2D eigenvalue weighted by Gasteiger charge is -2.17. The van der Waals surface area contributed by atoms with Gasteiger partial charge in [0.25, 0.3) is 0 Å². The number of unbranched alkanes of at least 4 members (excludes halogenated alkanes) is 33. The van der Waals surface area contributed by atoms with Crippen molar-refractivity contribution in [2.75, 3.05) is 6.61 Å². The van der Waals surface area contributed by atoms with Gasteiger partial charge in [-0.3, -0.25) is 4.79 Å². The molecule has 0 rings (SSSR count). The van der Waals surface area contributed by atoms with E-state index in [2.05, 4.69) is 32.9 Å². The number of carbonyl (C=O) groups is 1. The molecule has 0 aliphatic heterocycles. The van der Waals surface area contributed by atoms with E-state index >= 15 is 0 Å². The van der Waals surface area contributed by atoms with Gasteiger partial charge in [0.2, 0.25) is 0 Å². The fourth-order valence-electron chi connectivity index (χ4n) is 7.48. The van der Waals surface area contributed by atoms with E-state index in [4.69, 9.17) is 4.74 Å². The second kappa shape index (κ2) is 44.4. The molecule has 0 aliphatic rings. The minimum absolute atomic E-state index is 0.0494. The molecule has 0 amide bonds. The van der Waals surface area contributed by atoms with E-state index < -0.39 is 0 Å². The van der Waals surface area contributed by atoms with Gasteiger partial charge in [-0.2, -0.15) is 0 Å². The van der Waals surface area contributed by atoms with Crippen molar-refractivity contribution in [3.8, 4) is 0 Å². The summed E-state index contributed by atoms with van der Waals surface area (Å²) in [6.07, 6.45) is 58.4. The number of ether oxygens (including phenoxy) is 1. The largest absolute Gasteiger partial charge is 0.465 e. The third-order valence-electron chi connectivity index (χ3n) is 11.1. The van der Waals surface area contributed by atoms with Gasteiger partial charge in [0.05, 0.1) is 6.61 Å². The van der Waals surface area contributed by atoms with Gasteiger partial charge in [-0.25, -0.2) is 0 Å². The molecule has 0 saturated carbocycles. The van der Waals surface area contributed by atoms with Crippen molar-refractivity contribution < 1.29 is 9.53 Å². The van der Waals surface area contributed by atoms with Gasteiger partial charge in [-0.15, -0.1) is 0 Å². The molecule has 0 saturated heterocycles. The van der Waals surface area contributed by atoms with Gasteiger partial charge in [-0.05, 0) is 50.9 Å². The smallest absolute Gasteiger partial charge is 0.305 e. The van der Waals surface area contributed by atoms with E-state index in [-0.39, 0.29) is 5.97 Å². The average molecular weight is 703 g/mol. The molecule has 0 heterocycles. The monoisotopic (exact) mass is 703 g/mol. The summed E-state index contributed by atoms with van der Waals surface area (Å²) in [5.41, 5.74) is 0. The zero-order valence-corrected chi connectivity index (χ0v) is 35.0. The summed E-state index contributed by atoms with van der Waals surface area (Å²) in [5, 5.41) is 0. The Kier molecular flexibility index (Phi) is 43.7. The number of allylic oxidation sites excluding steroid dienone is 2. The summed E-state index contributed by atoms with van der Waals surface area (Å²) in [6.45, 7) is 7.55. The molecule has 50 heavy (non-hydrogen) atoms. The second-order valence-corrected chi connectivity index (χ2v) is 16.2. The maximum Gasteiger partial charge on any atom is 0.305 e. The van der Waals surface area contributed by atoms with E-state index in [1.165, 1.54) is 238 Å². The molecule has 0 aromatic rings. The molecule has 0 N–H and O–H groups in total. The van der Waals surface area contributed by atoms with Crippen LogP contribution in [0.3, 0.4) is 0 Å². The first-order valence-electron chi connectivity index (χ1n) is 23.5. The predicted molar refractivity (Wildman–Crippen MR) is 225 cm³/mol. The van der Waals surface area contributed by atoms with Crippen LogP contribution in [-0.4, -0.2) is 12.6 Å². The van der Waals surface area contributed by atoms with Crippen LogP contribution in [0.15, 0.2) is 12.2 Å². The Hall–Kier alpha value is -0.790. The first-order valence-corrected chi connectivity index (χ1v) is 23.5. The maximum atomic E-state index is 12.5. The highest BCUT2D eigenvalue weighted by atomic mass is 16.5. The van der Waals surface area contributed by atoms with E-state index in [9.17, 15) is 4.79 Å². The van der Waals surface area contributed by atoms with Crippen molar-refractivity contribution in [2.45, 2.75) is 278 Å². The minimum atomic E-state index is 0.0494. The number of rotatable bonds is 43. The fourth-order valence-corrected chi connectivity index (χ4v) is 7.48. The molecule has 0 aromatic carbocycles. The van der Waals surface area contributed by atoms with Crippen molar-refractivity contribution in [2.24, 2.45) is 5.92 Å². The Bertz CT molecular complexity index is 655. The van der Waals surface area contributed by atoms with Gasteiger partial charge >= 0.3 is 5.97 Å². The molecule has 0 radical (unpaired) electrons. The quantitative estimate of drug-likeness (QED) is 0.0359. The SMILES string of the molecule is CCCCCCCC/C=C\CCCCCCCC(=O)OCC(CCCCCCCC)CCCCCCCCCCCCCCCCCCCC. The normalized spacial score (nSPS) is 12.3. The highest BCUT2D eigenvalue weighted by Crippen LogP contribution is 2.21. The van der Waals surface area contributed by atoms with E-state index in [0.29, 0.717) is 18.9 Å². The lowest BCUT2D eigenvalue weighted by atomic mass is 9.94. The summed E-state index contributed by atoms with van der Waals surface area (Å²) in [5.74, 6) is 0.619. The number of carbonyl (C=O) groups excluding carboxylic acids is 1. The van der Waals surface area contributed by atoms with Gasteiger partial charge in [0.15, 0.2) is 0 Å². The van der Waals surface area contributed by atoms with Crippen molar-refractivity contribution in [1.82, 2.24) is 0 Å². The average Bonchev–Trinajstić information content (AvgIpc) is 3.12. The highest BCUT2D eigenvalue weighted by Gasteiger charge is 2.12. The van der Waals surface area contributed by atoms with Crippen molar-refractivity contribution in [3.05, 3.63) is 12.2 Å². The van der Waals surface area contributed by atoms with E-state index in [1.807, 2.05) is 0 Å². The minimum Gasteiger partial charge on any atom is -0.465 e. The Morgan fingerprint density at radius 3 is 1.00 bits per heavy atom. The third-order valence-corrected chi connectivity index (χ3v) is 11.1. The molecule has 1 unspecified atom stereocenters. The van der Waals surface area contributed by atoms with E-state index in [1.54, 1.807) is 0 Å². The summed E-state index contributed by atoms with van der Waals surface area (Å²) >= 11 is 0. The number of esters is 1. The molecule has 1 atom stereocenters. The lowest BCUT2D eigenvalue weighted by Crippen LogP contribution is -2.14. The van der Waals surface area contributed by atoms with Crippen LogP contribution in [0.1, 0.15) is 278 Å². The summed E-state index contributed by atoms with van der Waals surface area (Å²) in [6, 6.07) is 0. The van der Waals surface area contributed by atoms with Crippen LogP contribution in [0.25, 0.3) is 0 Å². The standard InChI is InChI=1S/C48H94O2/c1-4-7-10-13-16-18-20-22-24-25-26-28-29-31-33-35-38-41-44-47(43-40-37-15-12-9-6-3)46-50-48(49)45-42-39-36-34-32-30-27-23-21-19-17-14-11-8-5-2/h23,27,47H,4-22,24-26,28-46H2,1-3H3/b27-23-. The molecule has 0 aliphatic carbocycles. The second-order valence-electron chi connectivity index (χ2n) is 16.2. The Labute approximate surface area is 316 Å². The zero-order valence-electron chi connectivity index (χ0n) is 35.0. The lowest BCUT2D eigenvalue weighted by molar-refractivity contribution is -0.145. The summed E-state index contributed by atoms with van der Waals surface area (Å²) < 4.78 is 5.86. The zero-order chi connectivity index (χ0) is 36.3. The van der Waals surface area contributed by atoms with Crippen molar-refractivity contribution >= 4 is 5.97 Å². The van der Waals surface area contributed by atoms with E-state index in [0.717, 1.165) is 12.8 Å². The first-order chi connectivity index (χ1) is 24.7. The number of hydrogen-bond donors (Lipinski definition) is 0. The molecular formula is C48H94O2. The number of hydrogen-bond acceptors (Lipinski definition) is 2. The molecule has 0 aromatic heterocycles. The Morgan fingerprint density at radius 2 is 0.660 bits per heavy atom. The first kappa shape index (κ1) is 49.2. The molecule has 0 bridgehead atoms. The molecule has 2 nitrogen and oxygen atoms in total. The highest BCUT2D eigenvalue weighted by molar-refractivity contribution is 5.69. The van der Waals surface area contributed by atoms with Crippen LogP contribution in [0, 0.1) is 5.92 Å². The maximum absolute atomic E-state index is 12.5. The molecule has 0 spiro atoms. The van der Waals surface area contributed by atoms with Crippen LogP contribution in [0.5, 0.6) is 0 Å². The fraction of sp³-hybridized carbons (Fsp3) is 0.938. The molecule has 0 fully saturated rings. The van der Waals surface area contributed by atoms with Crippen molar-refractivity contribution in [3.63, 3.8) is 0 Å². The van der Waals surface area contributed by atoms with Crippen LogP contribution in [-0.2, 0) is 9.53 Å². The summed E-state index contributed by atoms with van der Waals surface area (Å²) in [4.78, 5) is 12.5. The van der Waals surface area contributed by atoms with Gasteiger partial charge in [0.1, 0.15) is 0 Å². The van der Waals surface area contributed by atoms with Crippen LogP contribution in [0.2, 0.25) is 0 Å². The Balaban J connectivity index is 3.85. The van der Waals surface area contributed by atoms with Gasteiger partial charge in [0, 0.05) is 6.42 Å². The van der Waals surface area contributed by atoms with Gasteiger partial charge < -0.3 is 4.74 Å². The van der Waals surface area contributed by atoms with Crippen molar-refractivity contribution in [1.29, 1.82) is 0 Å². The molecular weight excluding hydrogens is 609 g/mol. The summed E-state index contributed by atoms with van der Waals surface area (Å²) in [7, 11) is 0. The van der Waals surface area contributed by atoms with Crippen LogP contribution < -0.4 is 0 Å². The van der Waals surface area contributed by atoms with Crippen LogP contribution in [0.4, 0.5) is 0 Å². The molecule has 2 heteroatoms. The van der Waals surface area contributed by atoms with Crippen LogP contribution >= 0.6 is 0 Å². The Morgan fingerprint density at radius 1 is 0.380 bits per heavy atom.